The van der Waals surface area contributed by atoms with Gasteiger partial charge in [-0.1, -0.05) is 17.7 Å². The van der Waals surface area contributed by atoms with E-state index in [2.05, 4.69) is 15.3 Å². The Hall–Kier alpha value is -3.25. The third-order valence-electron chi connectivity index (χ3n) is 3.89. The fourth-order valence-electron chi connectivity index (χ4n) is 2.65. The van der Waals surface area contributed by atoms with E-state index in [-0.39, 0.29) is 26.0 Å². The standard InChI is InChI=1S/C17H14ClFN4O.C2H3F3.CH3F.CH2O2/c18-14-2-1-11(15(19)5-14)10-24-17-21-4-3-16(22-17)23-8-12-6-20-7-13(12)9-23;1-2(3,4)5;1-2;2-1-3/h1-5,8-9,20H,6-7,10H2;1H3;1H3;1H,(H,2,3). The predicted molar refractivity (Wildman–Crippen MR) is 115 cm³/mol. The van der Waals surface area contributed by atoms with Gasteiger partial charge in [-0.2, -0.15) is 18.2 Å². The van der Waals surface area contributed by atoms with E-state index in [0.717, 1.165) is 13.1 Å². The molecule has 0 saturated heterocycles. The van der Waals surface area contributed by atoms with Crippen molar-refractivity contribution >= 4 is 18.1 Å². The van der Waals surface area contributed by atoms with Gasteiger partial charge in [0, 0.05) is 55.3 Å². The molecule has 1 aliphatic rings. The van der Waals surface area contributed by atoms with Gasteiger partial charge in [-0.05, 0) is 23.3 Å². The van der Waals surface area contributed by atoms with Gasteiger partial charge in [-0.3, -0.25) is 9.18 Å². The van der Waals surface area contributed by atoms with Gasteiger partial charge in [0.25, 0.3) is 6.47 Å². The Balaban J connectivity index is 0.000000499. The molecule has 0 aliphatic carbocycles. The molecule has 0 saturated carbocycles. The second-order valence-corrected chi connectivity index (χ2v) is 6.86. The van der Waals surface area contributed by atoms with Crippen LogP contribution in [0.4, 0.5) is 22.0 Å². The number of aromatic nitrogens is 3. The van der Waals surface area contributed by atoms with Gasteiger partial charge < -0.3 is 19.7 Å². The number of nitrogens with zero attached hydrogens (tertiary/aromatic N) is 3. The molecule has 0 radical (unpaired) electrons. The van der Waals surface area contributed by atoms with E-state index < -0.39 is 12.0 Å². The van der Waals surface area contributed by atoms with Crippen LogP contribution in [-0.2, 0) is 24.5 Å². The first-order valence-corrected chi connectivity index (χ1v) is 9.81. The highest BCUT2D eigenvalue weighted by Gasteiger charge is 2.16. The number of hydrogen-bond donors (Lipinski definition) is 2. The van der Waals surface area contributed by atoms with E-state index in [1.165, 1.54) is 17.2 Å². The number of benzene rings is 1. The molecule has 2 aromatic heterocycles. The molecule has 3 heterocycles. The molecular formula is C21H22ClF5N4O3. The summed E-state index contributed by atoms with van der Waals surface area (Å²) in [6.45, 7) is 1.71. The summed E-state index contributed by atoms with van der Waals surface area (Å²) in [5.74, 6) is 0.305. The first-order valence-electron chi connectivity index (χ1n) is 9.43. The summed E-state index contributed by atoms with van der Waals surface area (Å²) in [5, 5.41) is 10.5. The van der Waals surface area contributed by atoms with Crippen LogP contribution in [-0.4, -0.2) is 39.5 Å². The van der Waals surface area contributed by atoms with Gasteiger partial charge in [-0.25, -0.2) is 9.37 Å². The average molecular weight is 509 g/mol. The van der Waals surface area contributed by atoms with Crippen LogP contribution in [0.15, 0.2) is 42.9 Å². The zero-order valence-electron chi connectivity index (χ0n) is 18.1. The normalized spacial score (nSPS) is 11.5. The molecule has 186 valence electrons. The molecule has 0 atom stereocenters. The molecule has 34 heavy (non-hydrogen) atoms. The molecule has 0 fully saturated rings. The van der Waals surface area contributed by atoms with Gasteiger partial charge in [0.1, 0.15) is 18.2 Å². The fraction of sp³-hybridized carbons (Fsp3) is 0.286. The highest BCUT2D eigenvalue weighted by Crippen LogP contribution is 2.20. The lowest BCUT2D eigenvalue weighted by Gasteiger charge is -2.08. The van der Waals surface area contributed by atoms with Crippen molar-refractivity contribution in [1.82, 2.24) is 19.9 Å². The zero-order chi connectivity index (χ0) is 25.7. The highest BCUT2D eigenvalue weighted by molar-refractivity contribution is 6.30. The number of nitrogens with one attached hydrogen (secondary N) is 1. The number of halogens is 6. The quantitative estimate of drug-likeness (QED) is 0.377. The third kappa shape index (κ3) is 10.1. The maximum atomic E-state index is 13.8. The van der Waals surface area contributed by atoms with Crippen molar-refractivity contribution in [2.45, 2.75) is 32.8 Å². The van der Waals surface area contributed by atoms with Crippen molar-refractivity contribution in [3.8, 4) is 11.8 Å². The summed E-state index contributed by atoms with van der Waals surface area (Å²) in [7, 11) is 0.500. The molecule has 1 aliphatic heterocycles. The van der Waals surface area contributed by atoms with Crippen LogP contribution in [0.25, 0.3) is 5.82 Å². The van der Waals surface area contributed by atoms with Crippen molar-refractivity contribution < 1.29 is 36.6 Å². The second-order valence-electron chi connectivity index (χ2n) is 6.43. The number of rotatable bonds is 4. The first kappa shape index (κ1) is 28.8. The van der Waals surface area contributed by atoms with Crippen LogP contribution in [0, 0.1) is 5.82 Å². The van der Waals surface area contributed by atoms with Crippen molar-refractivity contribution in [3.63, 3.8) is 0 Å². The van der Waals surface area contributed by atoms with Gasteiger partial charge in [0.15, 0.2) is 0 Å². The summed E-state index contributed by atoms with van der Waals surface area (Å²) in [5.41, 5.74) is 2.93. The molecule has 0 spiro atoms. The molecule has 2 N–H and O–H groups in total. The molecule has 7 nitrogen and oxygen atoms in total. The van der Waals surface area contributed by atoms with Crippen molar-refractivity contribution in [2.75, 3.05) is 7.18 Å². The third-order valence-corrected chi connectivity index (χ3v) is 4.12. The smallest absolute Gasteiger partial charge is 0.386 e. The van der Waals surface area contributed by atoms with E-state index in [9.17, 15) is 22.0 Å². The summed E-state index contributed by atoms with van der Waals surface area (Å²) in [6, 6.07) is 6.47. The number of carboxylic acid groups (broad SMARTS) is 1. The fourth-order valence-corrected chi connectivity index (χ4v) is 2.81. The van der Waals surface area contributed by atoms with Gasteiger partial charge in [0.2, 0.25) is 0 Å². The van der Waals surface area contributed by atoms with E-state index in [1.807, 2.05) is 17.0 Å². The Bertz CT molecular complexity index is 1020. The lowest BCUT2D eigenvalue weighted by atomic mass is 10.2. The summed E-state index contributed by atoms with van der Waals surface area (Å²) in [4.78, 5) is 16.8. The van der Waals surface area contributed by atoms with E-state index >= 15 is 0 Å². The van der Waals surface area contributed by atoms with Crippen LogP contribution in [0.2, 0.25) is 5.02 Å². The topological polar surface area (TPSA) is 89.3 Å². The Morgan fingerprint density at radius 2 is 1.76 bits per heavy atom. The molecule has 4 rings (SSSR count). The van der Waals surface area contributed by atoms with E-state index in [1.54, 1.807) is 24.4 Å². The Morgan fingerprint density at radius 1 is 1.21 bits per heavy atom. The molecule has 1 aromatic carbocycles. The highest BCUT2D eigenvalue weighted by atomic mass is 35.5. The Kier molecular flexibility index (Phi) is 11.9. The summed E-state index contributed by atoms with van der Waals surface area (Å²) < 4.78 is 61.8. The van der Waals surface area contributed by atoms with Crippen LogP contribution in [0.1, 0.15) is 23.6 Å². The lowest BCUT2D eigenvalue weighted by Crippen LogP contribution is -2.05. The first-order chi connectivity index (χ1) is 16.1. The van der Waals surface area contributed by atoms with E-state index in [4.69, 9.17) is 26.2 Å². The molecule has 3 aromatic rings. The van der Waals surface area contributed by atoms with Crippen LogP contribution < -0.4 is 10.1 Å². The minimum atomic E-state index is -4.00. The van der Waals surface area contributed by atoms with E-state index in [0.29, 0.717) is 23.6 Å². The van der Waals surface area contributed by atoms with Crippen molar-refractivity contribution in [1.29, 1.82) is 0 Å². The molecule has 13 heteroatoms. The number of hydrogen-bond acceptors (Lipinski definition) is 5. The monoisotopic (exact) mass is 508 g/mol. The maximum absolute atomic E-state index is 13.8. The largest absolute Gasteiger partial charge is 0.483 e. The number of fused-ring (bicyclic) bond motifs is 1. The Morgan fingerprint density at radius 3 is 2.29 bits per heavy atom. The maximum Gasteiger partial charge on any atom is 0.386 e. The van der Waals surface area contributed by atoms with Crippen molar-refractivity contribution in [3.05, 3.63) is 70.4 Å². The summed E-state index contributed by atoms with van der Waals surface area (Å²) >= 11 is 5.74. The van der Waals surface area contributed by atoms with Gasteiger partial charge in [-0.15, -0.1) is 0 Å². The molecular weight excluding hydrogens is 487 g/mol. The Labute approximate surface area is 197 Å². The number of ether oxygens (including phenoxy) is 1. The average Bonchev–Trinajstić information content (AvgIpc) is 3.37. The van der Waals surface area contributed by atoms with Crippen LogP contribution >= 0.6 is 11.6 Å². The zero-order valence-corrected chi connectivity index (χ0v) is 18.9. The minimum absolute atomic E-state index is 0.0402. The minimum Gasteiger partial charge on any atom is -0.483 e. The molecule has 0 bridgehead atoms. The SMILES string of the molecule is CC(F)(F)F.CF.Fc1cc(Cl)ccc1COc1nccc(-n2cc3c(c2)CNC3)n1.O=CO. The van der Waals surface area contributed by atoms with Crippen molar-refractivity contribution in [2.24, 2.45) is 0 Å². The van der Waals surface area contributed by atoms with Crippen LogP contribution in [0.3, 0.4) is 0 Å². The molecule has 0 unspecified atom stereocenters. The number of carbonyl (C=O) groups is 1. The number of alkyl halides is 4. The lowest BCUT2D eigenvalue weighted by molar-refractivity contribution is -0.122. The van der Waals surface area contributed by atoms with Crippen LogP contribution in [0.5, 0.6) is 6.01 Å². The van der Waals surface area contributed by atoms with Gasteiger partial charge in [0.05, 0.1) is 7.18 Å². The summed E-state index contributed by atoms with van der Waals surface area (Å²) in [6.07, 6.45) is 1.71. The molecule has 0 amide bonds. The second kappa shape index (κ2) is 14.1. The van der Waals surface area contributed by atoms with Gasteiger partial charge >= 0.3 is 12.2 Å². The predicted octanol–water partition coefficient (Wildman–Crippen LogP) is 5.10.